The van der Waals surface area contributed by atoms with Gasteiger partial charge in [-0.15, -0.1) is 0 Å². The normalized spacial score (nSPS) is 91.6. The largest absolute Gasteiger partial charge is 0.469 e. The second-order valence-corrected chi connectivity index (χ2v) is 15.6. The number of halogens is 2. The molecule has 4 spiro atoms. The molecule has 13 aliphatic carbocycles. The van der Waals surface area contributed by atoms with E-state index in [1.54, 1.807) is 20.0 Å². The fourth-order valence-corrected chi connectivity index (χ4v) is 20.7. The number of fused-ring (bicyclic) bond motifs is 1. The SMILES string of the molecule is COC(=O)C1[C@@H]2[C@@H]3[C@@H]4[C@H]1[C@]15[C@@H]6C[C@H]7[C@H]8[C@@H]6[C@@H]6C[C@H]8[C@@]8([C@]271)[C@@]65[C@]4(Br)CC[C@@]38Br. The molecule has 13 saturated carbocycles. The number of ether oxygens (including phenoxy) is 1. The van der Waals surface area contributed by atoms with Gasteiger partial charge in [-0.2, -0.15) is 0 Å². The van der Waals surface area contributed by atoms with E-state index in [1.807, 2.05) is 0 Å². The summed E-state index contributed by atoms with van der Waals surface area (Å²) in [7, 11) is 1.66. The van der Waals surface area contributed by atoms with Gasteiger partial charge in [-0.1, -0.05) is 31.9 Å². The lowest BCUT2D eigenvalue weighted by Crippen LogP contribution is -2.84. The number of hydrogen-bond donors (Lipinski definition) is 0. The van der Waals surface area contributed by atoms with Crippen molar-refractivity contribution in [2.45, 2.75) is 34.3 Å². The third-order valence-corrected chi connectivity index (χ3v) is 18.0. The van der Waals surface area contributed by atoms with Crippen molar-refractivity contribution in [2.24, 2.45) is 86.8 Å². The third kappa shape index (κ3) is 0.591. The summed E-state index contributed by atoms with van der Waals surface area (Å²) in [5, 5.41) is 0. The number of rotatable bonds is 1. The maximum Gasteiger partial charge on any atom is 0.309 e. The third-order valence-electron chi connectivity index (χ3n) is 14.9. The Morgan fingerprint density at radius 1 is 0.815 bits per heavy atom. The van der Waals surface area contributed by atoms with Gasteiger partial charge in [0.1, 0.15) is 0 Å². The van der Waals surface area contributed by atoms with Crippen LogP contribution in [0.25, 0.3) is 0 Å². The first-order valence-electron chi connectivity index (χ1n) is 11.5. The van der Waals surface area contributed by atoms with E-state index in [-0.39, 0.29) is 11.9 Å². The predicted octanol–water partition coefficient (Wildman–Crippen LogP) is 3.86. The maximum absolute atomic E-state index is 13.3. The van der Waals surface area contributed by atoms with Crippen molar-refractivity contribution < 1.29 is 9.53 Å². The summed E-state index contributed by atoms with van der Waals surface area (Å²) in [4.78, 5) is 13.3. The molecule has 0 aromatic carbocycles. The van der Waals surface area contributed by atoms with E-state index >= 15 is 0 Å². The second kappa shape index (κ2) is 2.85. The Hall–Kier alpha value is 0.430. The Balaban J connectivity index is 1.43. The van der Waals surface area contributed by atoms with Gasteiger partial charge in [0, 0.05) is 19.5 Å². The molecule has 13 rings (SSSR count). The van der Waals surface area contributed by atoms with Gasteiger partial charge in [0.2, 0.25) is 0 Å². The molecule has 17 atom stereocenters. The van der Waals surface area contributed by atoms with Crippen LogP contribution >= 0.6 is 31.9 Å². The zero-order chi connectivity index (χ0) is 17.5. The van der Waals surface area contributed by atoms with Crippen molar-refractivity contribution in [1.82, 2.24) is 0 Å². The van der Waals surface area contributed by atoms with Crippen LogP contribution in [0.3, 0.4) is 0 Å². The quantitative estimate of drug-likeness (QED) is 0.413. The summed E-state index contributed by atoms with van der Waals surface area (Å²) in [5.74, 6) is 9.29. The molecule has 140 valence electrons. The topological polar surface area (TPSA) is 26.3 Å². The summed E-state index contributed by atoms with van der Waals surface area (Å²) in [5.41, 5.74) is 2.21. The lowest BCUT2D eigenvalue weighted by atomic mass is 9.24. The Kier molecular flexibility index (Phi) is 1.44. The van der Waals surface area contributed by atoms with Gasteiger partial charge < -0.3 is 4.74 Å². The van der Waals surface area contributed by atoms with E-state index in [1.165, 1.54) is 12.8 Å². The fourth-order valence-electron chi connectivity index (χ4n) is 17.3. The van der Waals surface area contributed by atoms with Crippen molar-refractivity contribution in [3.8, 4) is 0 Å². The van der Waals surface area contributed by atoms with Crippen LogP contribution < -0.4 is 0 Å². The minimum absolute atomic E-state index is 0.177. The van der Waals surface area contributed by atoms with E-state index < -0.39 is 0 Å². The molecular weight excluding hydrogens is 468 g/mol. The monoisotopic (exact) mass is 488 g/mol. The van der Waals surface area contributed by atoms with Crippen molar-refractivity contribution in [1.29, 1.82) is 0 Å². The van der Waals surface area contributed by atoms with Gasteiger partial charge in [-0.25, -0.2) is 0 Å². The molecule has 0 heterocycles. The van der Waals surface area contributed by atoms with Crippen molar-refractivity contribution in [2.75, 3.05) is 7.11 Å². The number of methoxy groups -OCH3 is 1. The molecule has 4 heteroatoms. The molecular formula is C23H22Br2O2. The first-order valence-corrected chi connectivity index (χ1v) is 13.1. The van der Waals surface area contributed by atoms with Gasteiger partial charge in [-0.3, -0.25) is 4.79 Å². The molecule has 27 heavy (non-hydrogen) atoms. The summed E-state index contributed by atoms with van der Waals surface area (Å²) in [6.45, 7) is 0. The fraction of sp³-hybridized carbons (Fsp3) is 0.957. The molecule has 0 saturated heterocycles. The maximum atomic E-state index is 13.3. The predicted molar refractivity (Wildman–Crippen MR) is 102 cm³/mol. The highest BCUT2D eigenvalue weighted by atomic mass is 79.9. The average molecular weight is 490 g/mol. The van der Waals surface area contributed by atoms with Gasteiger partial charge in [0.05, 0.1) is 13.0 Å². The Labute approximate surface area is 175 Å². The zero-order valence-electron chi connectivity index (χ0n) is 15.3. The first kappa shape index (κ1) is 13.7. The van der Waals surface area contributed by atoms with Crippen molar-refractivity contribution in [3.63, 3.8) is 0 Å². The van der Waals surface area contributed by atoms with E-state index in [0.717, 1.165) is 47.3 Å². The van der Waals surface area contributed by atoms with E-state index in [4.69, 9.17) is 4.74 Å². The van der Waals surface area contributed by atoms with Crippen LogP contribution in [0.1, 0.15) is 25.7 Å². The van der Waals surface area contributed by atoms with Crippen molar-refractivity contribution in [3.05, 3.63) is 0 Å². The van der Waals surface area contributed by atoms with Gasteiger partial charge >= 0.3 is 5.97 Å². The summed E-state index contributed by atoms with van der Waals surface area (Å²) < 4.78 is 6.27. The molecule has 1 unspecified atom stereocenters. The molecule has 0 aromatic heterocycles. The lowest BCUT2D eigenvalue weighted by Gasteiger charge is -2.82. The molecule has 13 fully saturated rings. The van der Waals surface area contributed by atoms with Gasteiger partial charge in [0.15, 0.2) is 0 Å². The Morgan fingerprint density at radius 3 is 1.78 bits per heavy atom. The summed E-state index contributed by atoms with van der Waals surface area (Å²) in [6.07, 6.45) is 5.86. The molecule has 0 aromatic rings. The Morgan fingerprint density at radius 2 is 1.30 bits per heavy atom. The van der Waals surface area contributed by atoms with Crippen LogP contribution in [0.5, 0.6) is 0 Å². The molecule has 0 aliphatic heterocycles. The molecule has 13 aliphatic rings. The summed E-state index contributed by atoms with van der Waals surface area (Å²) in [6, 6.07) is 0. The second-order valence-electron chi connectivity index (χ2n) is 12.8. The minimum atomic E-state index is 0.177. The van der Waals surface area contributed by atoms with Crippen LogP contribution in [-0.4, -0.2) is 21.7 Å². The van der Waals surface area contributed by atoms with Gasteiger partial charge in [0.25, 0.3) is 0 Å². The average Bonchev–Trinajstić information content (AvgIpc) is 3.40. The molecule has 0 radical (unpaired) electrons. The van der Waals surface area contributed by atoms with Crippen LogP contribution in [-0.2, 0) is 9.53 Å². The highest BCUT2D eigenvalue weighted by Gasteiger charge is 3.23. The number of alkyl halides is 2. The van der Waals surface area contributed by atoms with E-state index in [9.17, 15) is 4.79 Å². The summed E-state index contributed by atoms with van der Waals surface area (Å²) >= 11 is 9.25. The number of carbonyl (C=O) groups is 1. The molecule has 0 amide bonds. The van der Waals surface area contributed by atoms with Crippen molar-refractivity contribution >= 4 is 37.8 Å². The van der Waals surface area contributed by atoms with Gasteiger partial charge in [-0.05, 0) is 95.7 Å². The van der Waals surface area contributed by atoms with Crippen LogP contribution in [0.15, 0.2) is 0 Å². The standard InChI is InChI=1S/C23H22Br2O2/c1-27-17(26)12-13-15-16-14(12)21-7-4-6-10-8-5-9(11(7)10)23(21)19(16,25)3-2-18(15,24)22(8,23)20(6,13)21/h6-16H,2-5H2,1H3/t6-,7+,8+,9-,10+,11-,12?,13+,14-,15+,16-,18+,19-,20-,21+,22-,23-/m1/s1. The Bertz CT molecular complexity index is 958. The van der Waals surface area contributed by atoms with Crippen LogP contribution in [0, 0.1) is 86.8 Å². The molecule has 8 bridgehead atoms. The zero-order valence-corrected chi connectivity index (χ0v) is 18.4. The number of esters is 1. The smallest absolute Gasteiger partial charge is 0.309 e. The first-order chi connectivity index (χ1) is 13.0. The lowest BCUT2D eigenvalue weighted by molar-refractivity contribution is -0.321. The van der Waals surface area contributed by atoms with E-state index in [2.05, 4.69) is 31.9 Å². The molecule has 0 N–H and O–H groups in total. The highest BCUT2D eigenvalue weighted by molar-refractivity contribution is 9.10. The van der Waals surface area contributed by atoms with Crippen LogP contribution in [0.4, 0.5) is 0 Å². The van der Waals surface area contributed by atoms with Crippen LogP contribution in [0.2, 0.25) is 0 Å². The highest BCUT2D eigenvalue weighted by Crippen LogP contribution is 3.23. The minimum Gasteiger partial charge on any atom is -0.469 e. The number of carbonyl (C=O) groups excluding carboxylic acids is 1. The molecule has 2 nitrogen and oxygen atoms in total. The number of hydrogen-bond acceptors (Lipinski definition) is 2. The van der Waals surface area contributed by atoms with E-state index in [0.29, 0.717) is 42.1 Å².